The molecule has 1 fully saturated rings. The monoisotopic (exact) mass is 252 g/mol. The summed E-state index contributed by atoms with van der Waals surface area (Å²) in [6.07, 6.45) is 4.68. The first-order valence-electron chi connectivity index (χ1n) is 6.23. The molecule has 0 amide bonds. The van der Waals surface area contributed by atoms with Crippen LogP contribution < -0.4 is 21.9 Å². The Morgan fingerprint density at radius 3 is 2.72 bits per heavy atom. The molecule has 1 aliphatic carbocycles. The Balaban J connectivity index is 2.25. The van der Waals surface area contributed by atoms with Gasteiger partial charge >= 0.3 is 0 Å². The third-order valence-electron chi connectivity index (χ3n) is 3.28. The number of hydrogen-bond acceptors (Lipinski definition) is 7. The zero-order chi connectivity index (χ0) is 13.0. The second-order valence-electron chi connectivity index (χ2n) is 4.47. The normalized spacial score (nSPS) is 15.9. The Bertz CT molecular complexity index is 393. The minimum atomic E-state index is 0.0891. The van der Waals surface area contributed by atoms with Gasteiger partial charge in [0.25, 0.3) is 0 Å². The quantitative estimate of drug-likeness (QED) is 0.433. The lowest BCUT2D eigenvalue weighted by Gasteiger charge is -2.29. The van der Waals surface area contributed by atoms with E-state index in [1.165, 1.54) is 12.8 Å². The molecule has 7 nitrogen and oxygen atoms in total. The van der Waals surface area contributed by atoms with E-state index in [0.29, 0.717) is 18.4 Å². The maximum atomic E-state index is 9.20. The average Bonchev–Trinajstić information content (AvgIpc) is 2.88. The van der Waals surface area contributed by atoms with Crippen molar-refractivity contribution < 1.29 is 5.11 Å². The first-order chi connectivity index (χ1) is 8.74. The van der Waals surface area contributed by atoms with Crippen molar-refractivity contribution in [3.8, 4) is 0 Å². The van der Waals surface area contributed by atoms with E-state index in [1.807, 2.05) is 0 Å². The Morgan fingerprint density at radius 2 is 2.11 bits per heavy atom. The molecular weight excluding hydrogens is 232 g/mol. The fourth-order valence-corrected chi connectivity index (χ4v) is 2.48. The molecule has 100 valence electrons. The van der Waals surface area contributed by atoms with Crippen molar-refractivity contribution in [3.63, 3.8) is 0 Å². The lowest BCUT2D eigenvalue weighted by molar-refractivity contribution is 0.297. The molecule has 1 aliphatic rings. The molecule has 1 aromatic rings. The summed E-state index contributed by atoms with van der Waals surface area (Å²) in [5.41, 5.74) is 8.14. The van der Waals surface area contributed by atoms with Crippen LogP contribution >= 0.6 is 0 Å². The summed E-state index contributed by atoms with van der Waals surface area (Å²) in [4.78, 5) is 10.3. The molecule has 0 aromatic carbocycles. The number of nitrogens with zero attached hydrogens (tertiary/aromatic N) is 3. The van der Waals surface area contributed by atoms with Gasteiger partial charge < -0.3 is 21.2 Å². The van der Waals surface area contributed by atoms with Crippen molar-refractivity contribution in [3.05, 3.63) is 6.07 Å². The van der Waals surface area contributed by atoms with E-state index in [1.54, 1.807) is 6.07 Å². The van der Waals surface area contributed by atoms with Crippen LogP contribution in [0.5, 0.6) is 0 Å². The molecule has 0 unspecified atom stereocenters. The molecule has 2 rings (SSSR count). The van der Waals surface area contributed by atoms with E-state index in [9.17, 15) is 5.11 Å². The highest BCUT2D eigenvalue weighted by molar-refractivity contribution is 5.52. The maximum absolute atomic E-state index is 9.20. The summed E-state index contributed by atoms with van der Waals surface area (Å²) in [7, 11) is 0. The van der Waals surface area contributed by atoms with Gasteiger partial charge in [0, 0.05) is 18.7 Å². The highest BCUT2D eigenvalue weighted by Gasteiger charge is 2.24. The van der Waals surface area contributed by atoms with Gasteiger partial charge in [0.2, 0.25) is 5.95 Å². The van der Waals surface area contributed by atoms with E-state index in [2.05, 4.69) is 20.3 Å². The second kappa shape index (κ2) is 5.83. The number of aliphatic hydroxyl groups excluding tert-OH is 1. The van der Waals surface area contributed by atoms with Crippen LogP contribution in [-0.4, -0.2) is 34.3 Å². The SMILES string of the molecule is NNc1cc(N(CCO)C2CCCC2)nc(N)n1. The van der Waals surface area contributed by atoms with Crippen molar-refractivity contribution >= 4 is 17.6 Å². The minimum Gasteiger partial charge on any atom is -0.395 e. The standard InChI is InChI=1S/C11H20N6O/c12-11-14-9(16-13)7-10(15-11)17(5-6-18)8-3-1-2-4-8/h7-8,18H,1-6,13H2,(H3,12,14,15,16). The van der Waals surface area contributed by atoms with Gasteiger partial charge in [-0.3, -0.25) is 0 Å². The van der Waals surface area contributed by atoms with Gasteiger partial charge in [0.15, 0.2) is 0 Å². The topological polar surface area (TPSA) is 113 Å². The fraction of sp³-hybridized carbons (Fsp3) is 0.636. The zero-order valence-electron chi connectivity index (χ0n) is 10.3. The molecule has 1 aromatic heterocycles. The molecular formula is C11H20N6O. The highest BCUT2D eigenvalue weighted by Crippen LogP contribution is 2.28. The van der Waals surface area contributed by atoms with Gasteiger partial charge in [-0.15, -0.1) is 0 Å². The van der Waals surface area contributed by atoms with Crippen molar-refractivity contribution in [1.82, 2.24) is 9.97 Å². The van der Waals surface area contributed by atoms with Crippen LogP contribution in [0.4, 0.5) is 17.6 Å². The highest BCUT2D eigenvalue weighted by atomic mass is 16.3. The van der Waals surface area contributed by atoms with E-state index < -0.39 is 0 Å². The second-order valence-corrected chi connectivity index (χ2v) is 4.47. The summed E-state index contributed by atoms with van der Waals surface area (Å²) >= 11 is 0. The smallest absolute Gasteiger partial charge is 0.223 e. The predicted octanol–water partition coefficient (Wildman–Crippen LogP) is 0.0857. The average molecular weight is 252 g/mol. The Kier molecular flexibility index (Phi) is 4.16. The van der Waals surface area contributed by atoms with Crippen LogP contribution in [0.1, 0.15) is 25.7 Å². The number of aliphatic hydroxyl groups is 1. The van der Waals surface area contributed by atoms with Crippen LogP contribution in [0.25, 0.3) is 0 Å². The molecule has 0 saturated heterocycles. The molecule has 0 aliphatic heterocycles. The van der Waals surface area contributed by atoms with Gasteiger partial charge in [-0.2, -0.15) is 9.97 Å². The number of anilines is 3. The van der Waals surface area contributed by atoms with Crippen LogP contribution in [-0.2, 0) is 0 Å². The molecule has 1 heterocycles. The van der Waals surface area contributed by atoms with Crippen LogP contribution in [0.3, 0.4) is 0 Å². The molecule has 7 heteroatoms. The number of nitrogens with two attached hydrogens (primary N) is 2. The molecule has 0 atom stereocenters. The number of nitrogen functional groups attached to an aromatic ring is 2. The summed E-state index contributed by atoms with van der Waals surface area (Å²) in [6.45, 7) is 0.636. The third kappa shape index (κ3) is 2.80. The maximum Gasteiger partial charge on any atom is 0.223 e. The van der Waals surface area contributed by atoms with Crippen molar-refractivity contribution in [2.24, 2.45) is 5.84 Å². The Labute approximate surface area is 106 Å². The summed E-state index contributed by atoms with van der Waals surface area (Å²) in [5, 5.41) is 9.20. The third-order valence-corrected chi connectivity index (χ3v) is 3.28. The molecule has 18 heavy (non-hydrogen) atoms. The fourth-order valence-electron chi connectivity index (χ4n) is 2.48. The minimum absolute atomic E-state index is 0.0891. The van der Waals surface area contributed by atoms with Gasteiger partial charge in [0.05, 0.1) is 6.61 Å². The first-order valence-corrected chi connectivity index (χ1v) is 6.23. The predicted molar refractivity (Wildman–Crippen MR) is 70.9 cm³/mol. The lowest BCUT2D eigenvalue weighted by atomic mass is 10.2. The number of nitrogens with one attached hydrogen (secondary N) is 1. The van der Waals surface area contributed by atoms with Gasteiger partial charge in [-0.05, 0) is 12.8 Å². The van der Waals surface area contributed by atoms with E-state index in [-0.39, 0.29) is 12.6 Å². The molecule has 0 spiro atoms. The van der Waals surface area contributed by atoms with E-state index in [4.69, 9.17) is 11.6 Å². The summed E-state index contributed by atoms with van der Waals surface area (Å²) < 4.78 is 0. The Hall–Kier alpha value is -1.60. The summed E-state index contributed by atoms with van der Waals surface area (Å²) in [6, 6.07) is 2.17. The van der Waals surface area contributed by atoms with Crippen molar-refractivity contribution in [1.29, 1.82) is 0 Å². The number of hydrazine groups is 1. The zero-order valence-corrected chi connectivity index (χ0v) is 10.3. The number of aromatic nitrogens is 2. The number of rotatable bonds is 5. The van der Waals surface area contributed by atoms with Crippen molar-refractivity contribution in [2.75, 3.05) is 29.2 Å². The van der Waals surface area contributed by atoms with Crippen LogP contribution in [0, 0.1) is 0 Å². The largest absolute Gasteiger partial charge is 0.395 e. The van der Waals surface area contributed by atoms with Gasteiger partial charge in [-0.25, -0.2) is 5.84 Å². The first kappa shape index (κ1) is 12.8. The van der Waals surface area contributed by atoms with Gasteiger partial charge in [0.1, 0.15) is 11.6 Å². The number of hydrogen-bond donors (Lipinski definition) is 4. The lowest BCUT2D eigenvalue weighted by Crippen LogP contribution is -2.36. The van der Waals surface area contributed by atoms with E-state index in [0.717, 1.165) is 18.7 Å². The van der Waals surface area contributed by atoms with Crippen LogP contribution in [0.2, 0.25) is 0 Å². The van der Waals surface area contributed by atoms with Gasteiger partial charge in [-0.1, -0.05) is 12.8 Å². The van der Waals surface area contributed by atoms with E-state index >= 15 is 0 Å². The van der Waals surface area contributed by atoms with Crippen LogP contribution in [0.15, 0.2) is 6.07 Å². The Morgan fingerprint density at radius 1 is 1.39 bits per heavy atom. The molecule has 0 bridgehead atoms. The molecule has 6 N–H and O–H groups in total. The summed E-state index contributed by atoms with van der Waals surface area (Å²) in [5.74, 6) is 6.74. The molecule has 1 saturated carbocycles. The van der Waals surface area contributed by atoms with Crippen molar-refractivity contribution in [2.45, 2.75) is 31.7 Å². The molecule has 0 radical (unpaired) electrons.